The number of rotatable bonds is 8. The molecule has 0 amide bonds. The van der Waals surface area contributed by atoms with Crippen LogP contribution in [-0.4, -0.2) is 26.9 Å². The molecule has 0 spiro atoms. The minimum atomic E-state index is 0.465. The smallest absolute Gasteiger partial charge is 0.124 e. The van der Waals surface area contributed by atoms with Crippen molar-refractivity contribution in [1.29, 1.82) is 0 Å². The first-order chi connectivity index (χ1) is 8.63. The second-order valence-corrected chi connectivity index (χ2v) is 5.76. The Morgan fingerprint density at radius 1 is 1.44 bits per heavy atom. The maximum atomic E-state index is 5.67. The molecule has 0 saturated carbocycles. The fraction of sp³-hybridized carbons (Fsp3) is 0.385. The van der Waals surface area contributed by atoms with Crippen LogP contribution < -0.4 is 10.1 Å². The molecular weight excluding hydrogens is 362 g/mol. The Balaban J connectivity index is 2.61. The number of nitrogens with one attached hydrogen (secondary N) is 1. The Hall–Kier alpha value is -0.360. The number of benzene rings is 1. The monoisotopic (exact) mass is 377 g/mol. The van der Waals surface area contributed by atoms with Crippen LogP contribution >= 0.6 is 31.9 Å². The lowest BCUT2D eigenvalue weighted by Gasteiger charge is -2.12. The topological polar surface area (TPSA) is 30.5 Å². The fourth-order valence-corrected chi connectivity index (χ4v) is 1.90. The van der Waals surface area contributed by atoms with E-state index in [2.05, 4.69) is 43.8 Å². The molecule has 1 N–H and O–H groups in total. The zero-order chi connectivity index (χ0) is 13.4. The minimum absolute atomic E-state index is 0.465. The molecule has 18 heavy (non-hydrogen) atoms. The molecule has 100 valence electrons. The summed E-state index contributed by atoms with van der Waals surface area (Å²) >= 11 is 6.75. The van der Waals surface area contributed by atoms with E-state index in [0.29, 0.717) is 13.2 Å². The molecule has 0 saturated heterocycles. The van der Waals surface area contributed by atoms with Crippen molar-refractivity contribution in [1.82, 2.24) is 5.32 Å². The van der Waals surface area contributed by atoms with Gasteiger partial charge in [-0.25, -0.2) is 0 Å². The third-order valence-electron chi connectivity index (χ3n) is 2.21. The van der Waals surface area contributed by atoms with Crippen LogP contribution in [0.2, 0.25) is 0 Å². The Kier molecular flexibility index (Phi) is 7.58. The number of halogens is 2. The summed E-state index contributed by atoms with van der Waals surface area (Å²) in [4.78, 5) is 0. The standard InChI is InChI=1S/C13H17Br2NO2/c1-10(14)9-18-13-4-3-12(15)7-11(13)8-16-5-6-17-2/h3-4,7,16H,1,5-6,8-9H2,2H3. The third kappa shape index (κ3) is 6.00. The van der Waals surface area contributed by atoms with E-state index < -0.39 is 0 Å². The van der Waals surface area contributed by atoms with Gasteiger partial charge in [0.05, 0.1) is 6.61 Å². The highest BCUT2D eigenvalue weighted by molar-refractivity contribution is 9.11. The van der Waals surface area contributed by atoms with E-state index in [1.807, 2.05) is 18.2 Å². The predicted octanol–water partition coefficient (Wildman–Crippen LogP) is 3.47. The SMILES string of the molecule is C=C(Br)COc1ccc(Br)cc1CNCCOC. The molecule has 0 heterocycles. The van der Waals surface area contributed by atoms with Crippen molar-refractivity contribution < 1.29 is 9.47 Å². The Morgan fingerprint density at radius 3 is 2.89 bits per heavy atom. The van der Waals surface area contributed by atoms with Gasteiger partial charge in [-0.15, -0.1) is 0 Å². The van der Waals surface area contributed by atoms with Crippen LogP contribution in [0.25, 0.3) is 0 Å². The van der Waals surface area contributed by atoms with Gasteiger partial charge in [0.15, 0.2) is 0 Å². The van der Waals surface area contributed by atoms with Crippen LogP contribution in [0.1, 0.15) is 5.56 Å². The zero-order valence-corrected chi connectivity index (χ0v) is 13.5. The van der Waals surface area contributed by atoms with Crippen LogP contribution in [0, 0.1) is 0 Å². The van der Waals surface area contributed by atoms with Crippen molar-refractivity contribution in [2.75, 3.05) is 26.9 Å². The molecule has 0 aromatic heterocycles. The Morgan fingerprint density at radius 2 is 2.22 bits per heavy atom. The average molecular weight is 379 g/mol. The van der Waals surface area contributed by atoms with Crippen LogP contribution in [0.15, 0.2) is 33.7 Å². The van der Waals surface area contributed by atoms with Crippen molar-refractivity contribution in [2.24, 2.45) is 0 Å². The fourth-order valence-electron chi connectivity index (χ4n) is 1.38. The molecule has 0 unspecified atom stereocenters. The van der Waals surface area contributed by atoms with Gasteiger partial charge in [0.1, 0.15) is 12.4 Å². The summed E-state index contributed by atoms with van der Waals surface area (Å²) < 4.78 is 12.5. The largest absolute Gasteiger partial charge is 0.488 e. The van der Waals surface area contributed by atoms with Gasteiger partial charge in [-0.1, -0.05) is 38.4 Å². The maximum absolute atomic E-state index is 5.67. The second kappa shape index (κ2) is 8.69. The summed E-state index contributed by atoms with van der Waals surface area (Å²) in [5, 5.41) is 3.30. The molecule has 0 bridgehead atoms. The molecule has 3 nitrogen and oxygen atoms in total. The maximum Gasteiger partial charge on any atom is 0.124 e. The first-order valence-electron chi connectivity index (χ1n) is 5.57. The van der Waals surface area contributed by atoms with Crippen LogP contribution in [-0.2, 0) is 11.3 Å². The molecule has 1 aromatic rings. The zero-order valence-electron chi connectivity index (χ0n) is 10.3. The first kappa shape index (κ1) is 15.7. The molecule has 0 aliphatic carbocycles. The summed E-state index contributed by atoms with van der Waals surface area (Å²) in [5.41, 5.74) is 1.11. The molecule has 0 atom stereocenters. The normalized spacial score (nSPS) is 10.4. The molecule has 5 heteroatoms. The summed E-state index contributed by atoms with van der Waals surface area (Å²) in [6, 6.07) is 5.96. The van der Waals surface area contributed by atoms with Gasteiger partial charge in [0, 0.05) is 34.7 Å². The summed E-state index contributed by atoms with van der Waals surface area (Å²) in [6.45, 7) is 6.47. The molecule has 0 radical (unpaired) electrons. The van der Waals surface area contributed by atoms with Crippen molar-refractivity contribution in [2.45, 2.75) is 6.54 Å². The minimum Gasteiger partial charge on any atom is -0.488 e. The van der Waals surface area contributed by atoms with E-state index in [9.17, 15) is 0 Å². The average Bonchev–Trinajstić information content (AvgIpc) is 2.33. The lowest BCUT2D eigenvalue weighted by molar-refractivity contribution is 0.199. The van der Waals surface area contributed by atoms with E-state index in [0.717, 1.165) is 33.4 Å². The summed E-state index contributed by atoms with van der Waals surface area (Å²) in [5.74, 6) is 0.865. The van der Waals surface area contributed by atoms with Crippen molar-refractivity contribution in [3.05, 3.63) is 39.3 Å². The molecule has 1 rings (SSSR count). The van der Waals surface area contributed by atoms with Crippen LogP contribution in [0.5, 0.6) is 5.75 Å². The molecule has 0 aliphatic heterocycles. The van der Waals surface area contributed by atoms with E-state index >= 15 is 0 Å². The highest BCUT2D eigenvalue weighted by atomic mass is 79.9. The van der Waals surface area contributed by atoms with Gasteiger partial charge in [0.25, 0.3) is 0 Å². The highest BCUT2D eigenvalue weighted by Crippen LogP contribution is 2.24. The molecular formula is C13H17Br2NO2. The molecule has 0 aliphatic rings. The molecule has 0 fully saturated rings. The summed E-state index contributed by atoms with van der Waals surface area (Å²) in [7, 11) is 1.69. The number of hydrogen-bond acceptors (Lipinski definition) is 3. The van der Waals surface area contributed by atoms with Gasteiger partial charge in [-0.3, -0.25) is 0 Å². The van der Waals surface area contributed by atoms with Gasteiger partial charge in [-0.05, 0) is 18.2 Å². The van der Waals surface area contributed by atoms with Crippen molar-refractivity contribution in [3.8, 4) is 5.75 Å². The Bertz CT molecular complexity index is 397. The summed E-state index contributed by atoms with van der Waals surface area (Å²) in [6.07, 6.45) is 0. The van der Waals surface area contributed by atoms with E-state index in [1.165, 1.54) is 0 Å². The van der Waals surface area contributed by atoms with Crippen LogP contribution in [0.4, 0.5) is 0 Å². The third-order valence-corrected chi connectivity index (χ3v) is 2.93. The number of ether oxygens (including phenoxy) is 2. The van der Waals surface area contributed by atoms with Crippen molar-refractivity contribution >= 4 is 31.9 Å². The van der Waals surface area contributed by atoms with Gasteiger partial charge < -0.3 is 14.8 Å². The van der Waals surface area contributed by atoms with Gasteiger partial charge in [0.2, 0.25) is 0 Å². The van der Waals surface area contributed by atoms with E-state index in [1.54, 1.807) is 7.11 Å². The first-order valence-corrected chi connectivity index (χ1v) is 7.16. The van der Waals surface area contributed by atoms with Crippen molar-refractivity contribution in [3.63, 3.8) is 0 Å². The second-order valence-electron chi connectivity index (χ2n) is 3.73. The highest BCUT2D eigenvalue weighted by Gasteiger charge is 2.05. The van der Waals surface area contributed by atoms with E-state index in [-0.39, 0.29) is 0 Å². The number of hydrogen-bond donors (Lipinski definition) is 1. The number of methoxy groups -OCH3 is 1. The predicted molar refractivity (Wildman–Crippen MR) is 81.3 cm³/mol. The van der Waals surface area contributed by atoms with E-state index in [4.69, 9.17) is 9.47 Å². The Labute approximate surface area is 125 Å². The van der Waals surface area contributed by atoms with Gasteiger partial charge >= 0.3 is 0 Å². The van der Waals surface area contributed by atoms with Gasteiger partial charge in [-0.2, -0.15) is 0 Å². The quantitative estimate of drug-likeness (QED) is 0.702. The van der Waals surface area contributed by atoms with Crippen LogP contribution in [0.3, 0.4) is 0 Å². The lowest BCUT2D eigenvalue weighted by atomic mass is 10.2. The lowest BCUT2D eigenvalue weighted by Crippen LogP contribution is -2.19. The molecule has 1 aromatic carbocycles.